The molecular weight excluding hydrogens is 118 g/mol. The minimum atomic E-state index is 0.104. The molecule has 0 atom stereocenters. The van der Waals surface area contributed by atoms with Gasteiger partial charge in [-0.3, -0.25) is 5.41 Å². The number of amidine groups is 2. The topological polar surface area (TPSA) is 82.5 Å². The molecule has 0 amide bonds. The molecule has 0 saturated heterocycles. The Morgan fingerprint density at radius 1 is 1.78 bits per heavy atom. The van der Waals surface area contributed by atoms with E-state index >= 15 is 0 Å². The van der Waals surface area contributed by atoms with Gasteiger partial charge in [-0.05, 0) is 0 Å². The number of hydrogen-bond acceptors (Lipinski definition) is 3. The summed E-state index contributed by atoms with van der Waals surface area (Å²) in [7, 11) is 0. The SMILES string of the molecule is N=C1CC(O)=CC(N)=N1. The predicted molar refractivity (Wildman–Crippen MR) is 34.7 cm³/mol. The Hall–Kier alpha value is -1.32. The third-order valence-corrected chi connectivity index (χ3v) is 0.927. The van der Waals surface area contributed by atoms with E-state index in [2.05, 4.69) is 4.99 Å². The summed E-state index contributed by atoms with van der Waals surface area (Å²) < 4.78 is 0. The van der Waals surface area contributed by atoms with Crippen LogP contribution < -0.4 is 5.73 Å². The highest BCUT2D eigenvalue weighted by molar-refractivity contribution is 6.04. The quantitative estimate of drug-likeness (QED) is 0.431. The van der Waals surface area contributed by atoms with Gasteiger partial charge in [0.05, 0.1) is 6.42 Å². The summed E-state index contributed by atoms with van der Waals surface area (Å²) in [4.78, 5) is 3.57. The van der Waals surface area contributed by atoms with Crippen LogP contribution in [0.2, 0.25) is 0 Å². The number of hydrogen-bond donors (Lipinski definition) is 3. The molecule has 0 saturated carbocycles. The van der Waals surface area contributed by atoms with Crippen molar-refractivity contribution in [1.29, 1.82) is 5.41 Å². The molecule has 4 heteroatoms. The van der Waals surface area contributed by atoms with Crippen molar-refractivity contribution < 1.29 is 5.11 Å². The lowest BCUT2D eigenvalue weighted by atomic mass is 10.2. The molecule has 0 aromatic rings. The van der Waals surface area contributed by atoms with Crippen molar-refractivity contribution in [2.45, 2.75) is 6.42 Å². The first-order chi connectivity index (χ1) is 4.18. The molecule has 0 aromatic carbocycles. The zero-order valence-corrected chi connectivity index (χ0v) is 4.76. The summed E-state index contributed by atoms with van der Waals surface area (Å²) in [5.41, 5.74) is 5.19. The third-order valence-electron chi connectivity index (χ3n) is 0.927. The molecule has 1 heterocycles. The fourth-order valence-electron chi connectivity index (χ4n) is 0.621. The Kier molecular flexibility index (Phi) is 1.22. The number of rotatable bonds is 0. The Morgan fingerprint density at radius 3 is 2.89 bits per heavy atom. The maximum atomic E-state index is 8.81. The number of nitrogens with two attached hydrogens (primary N) is 1. The highest BCUT2D eigenvalue weighted by Crippen LogP contribution is 2.03. The maximum absolute atomic E-state index is 8.81. The molecule has 9 heavy (non-hydrogen) atoms. The normalized spacial score (nSPS) is 18.9. The molecule has 0 aliphatic carbocycles. The Morgan fingerprint density at radius 2 is 2.44 bits per heavy atom. The van der Waals surface area contributed by atoms with Gasteiger partial charge in [-0.2, -0.15) is 0 Å². The molecule has 1 aliphatic rings. The smallest absolute Gasteiger partial charge is 0.130 e. The van der Waals surface area contributed by atoms with Crippen LogP contribution in [0.4, 0.5) is 0 Å². The predicted octanol–water partition coefficient (Wildman–Crippen LogP) is 0.166. The first-order valence-electron chi connectivity index (χ1n) is 2.49. The van der Waals surface area contributed by atoms with E-state index in [1.54, 1.807) is 0 Å². The van der Waals surface area contributed by atoms with Crippen molar-refractivity contribution in [2.75, 3.05) is 0 Å². The standard InChI is InChI=1S/C5H7N3O/c6-4-1-3(9)2-5(7)8-4/h1,9H,2H2,(H3,6,7,8). The van der Waals surface area contributed by atoms with Crippen LogP contribution in [-0.4, -0.2) is 16.8 Å². The van der Waals surface area contributed by atoms with Crippen molar-refractivity contribution in [3.63, 3.8) is 0 Å². The minimum Gasteiger partial charge on any atom is -0.512 e. The van der Waals surface area contributed by atoms with Gasteiger partial charge in [0.25, 0.3) is 0 Å². The van der Waals surface area contributed by atoms with Crippen LogP contribution in [-0.2, 0) is 0 Å². The first kappa shape index (κ1) is 5.81. The first-order valence-corrected chi connectivity index (χ1v) is 2.49. The van der Waals surface area contributed by atoms with E-state index in [0.29, 0.717) is 0 Å². The van der Waals surface area contributed by atoms with E-state index in [9.17, 15) is 0 Å². The van der Waals surface area contributed by atoms with Crippen molar-refractivity contribution in [1.82, 2.24) is 0 Å². The second-order valence-corrected chi connectivity index (χ2v) is 1.80. The van der Waals surface area contributed by atoms with Crippen LogP contribution in [0.1, 0.15) is 6.42 Å². The summed E-state index contributed by atoms with van der Waals surface area (Å²) in [6.07, 6.45) is 1.54. The monoisotopic (exact) mass is 125 g/mol. The van der Waals surface area contributed by atoms with E-state index < -0.39 is 0 Å². The lowest BCUT2D eigenvalue weighted by molar-refractivity contribution is 0.404. The van der Waals surface area contributed by atoms with Gasteiger partial charge in [-0.15, -0.1) is 0 Å². The Labute approximate surface area is 52.2 Å². The molecule has 1 aliphatic heterocycles. The fourth-order valence-corrected chi connectivity index (χ4v) is 0.621. The van der Waals surface area contributed by atoms with Crippen LogP contribution in [0.25, 0.3) is 0 Å². The molecule has 4 N–H and O–H groups in total. The highest BCUT2D eigenvalue weighted by Gasteiger charge is 2.05. The maximum Gasteiger partial charge on any atom is 0.130 e. The van der Waals surface area contributed by atoms with Crippen molar-refractivity contribution in [3.8, 4) is 0 Å². The average Bonchev–Trinajstić information content (AvgIpc) is 1.59. The Bertz CT molecular complexity index is 204. The van der Waals surface area contributed by atoms with Gasteiger partial charge < -0.3 is 10.8 Å². The van der Waals surface area contributed by atoms with E-state index in [4.69, 9.17) is 16.2 Å². The van der Waals surface area contributed by atoms with E-state index in [-0.39, 0.29) is 23.9 Å². The third kappa shape index (κ3) is 1.28. The van der Waals surface area contributed by atoms with Crippen LogP contribution in [0.3, 0.4) is 0 Å². The molecule has 0 aromatic heterocycles. The molecule has 0 bridgehead atoms. The molecule has 0 unspecified atom stereocenters. The van der Waals surface area contributed by atoms with E-state index in [1.165, 1.54) is 6.08 Å². The van der Waals surface area contributed by atoms with Crippen LogP contribution in [0.15, 0.2) is 16.8 Å². The van der Waals surface area contributed by atoms with Crippen molar-refractivity contribution in [2.24, 2.45) is 10.7 Å². The average molecular weight is 125 g/mol. The highest BCUT2D eigenvalue weighted by atomic mass is 16.3. The van der Waals surface area contributed by atoms with Crippen molar-refractivity contribution >= 4 is 11.7 Å². The molecule has 0 radical (unpaired) electrons. The van der Waals surface area contributed by atoms with Gasteiger partial charge in [-0.25, -0.2) is 4.99 Å². The molecular formula is C5H7N3O. The van der Waals surface area contributed by atoms with Gasteiger partial charge >= 0.3 is 0 Å². The number of aliphatic hydroxyl groups excluding tert-OH is 1. The summed E-state index contributed by atoms with van der Waals surface area (Å²) in [5.74, 6) is 0.406. The summed E-state index contributed by atoms with van der Waals surface area (Å²) in [6.45, 7) is 0. The zero-order valence-electron chi connectivity index (χ0n) is 4.76. The zero-order chi connectivity index (χ0) is 6.85. The Balaban J connectivity index is 2.86. The number of dihydropyridines is 1. The van der Waals surface area contributed by atoms with Crippen LogP contribution in [0.5, 0.6) is 0 Å². The van der Waals surface area contributed by atoms with Crippen molar-refractivity contribution in [3.05, 3.63) is 11.8 Å². The molecule has 1 rings (SSSR count). The van der Waals surface area contributed by atoms with Crippen LogP contribution >= 0.6 is 0 Å². The molecule has 0 spiro atoms. The summed E-state index contributed by atoms with van der Waals surface area (Å²) in [6, 6.07) is 0. The van der Waals surface area contributed by atoms with Gasteiger partial charge in [0, 0.05) is 6.08 Å². The lowest BCUT2D eigenvalue weighted by Gasteiger charge is -2.04. The summed E-state index contributed by atoms with van der Waals surface area (Å²) in [5, 5.41) is 15.8. The van der Waals surface area contributed by atoms with E-state index in [1.807, 2.05) is 0 Å². The van der Waals surface area contributed by atoms with Gasteiger partial charge in [0.15, 0.2) is 0 Å². The molecule has 4 nitrogen and oxygen atoms in total. The minimum absolute atomic E-state index is 0.104. The van der Waals surface area contributed by atoms with Gasteiger partial charge in [0.2, 0.25) is 0 Å². The lowest BCUT2D eigenvalue weighted by Crippen LogP contribution is -2.16. The largest absolute Gasteiger partial charge is 0.512 e. The fraction of sp³-hybridized carbons (Fsp3) is 0.200. The number of nitrogens with one attached hydrogen (secondary N) is 1. The summed E-state index contributed by atoms with van der Waals surface area (Å²) >= 11 is 0. The van der Waals surface area contributed by atoms with Gasteiger partial charge in [-0.1, -0.05) is 0 Å². The number of aliphatic hydroxyl groups is 1. The second kappa shape index (κ2) is 1.89. The van der Waals surface area contributed by atoms with Crippen LogP contribution in [0, 0.1) is 5.41 Å². The molecule has 48 valence electrons. The molecule has 0 fully saturated rings. The van der Waals surface area contributed by atoms with E-state index in [0.717, 1.165) is 0 Å². The number of nitrogens with zero attached hydrogens (tertiary/aromatic N) is 1. The second-order valence-electron chi connectivity index (χ2n) is 1.80. The van der Waals surface area contributed by atoms with Gasteiger partial charge in [0.1, 0.15) is 17.4 Å². The number of aliphatic imine (C=N–C) groups is 1.